The molecule has 1 N–H and O–H groups in total. The molecular formula is C16H21NO. The van der Waals surface area contributed by atoms with Crippen LogP contribution >= 0.6 is 0 Å². The molecule has 0 amide bonds. The van der Waals surface area contributed by atoms with E-state index in [-0.39, 0.29) is 5.92 Å². The summed E-state index contributed by atoms with van der Waals surface area (Å²) < 4.78 is 0. The molecule has 0 spiro atoms. The molecule has 0 radical (unpaired) electrons. The third-order valence-corrected chi connectivity index (χ3v) is 4.35. The van der Waals surface area contributed by atoms with Crippen LogP contribution in [0.25, 0.3) is 0 Å². The van der Waals surface area contributed by atoms with Gasteiger partial charge in [0.25, 0.3) is 0 Å². The zero-order chi connectivity index (χ0) is 12.7. The molecule has 2 aliphatic rings. The molecule has 2 saturated heterocycles. The lowest BCUT2D eigenvalue weighted by Gasteiger charge is -2.28. The van der Waals surface area contributed by atoms with Crippen molar-refractivity contribution in [2.24, 2.45) is 5.92 Å². The van der Waals surface area contributed by atoms with E-state index in [1.165, 1.54) is 24.0 Å². The van der Waals surface area contributed by atoms with Crippen LogP contribution in [0.15, 0.2) is 18.2 Å². The van der Waals surface area contributed by atoms with Crippen molar-refractivity contribution in [3.8, 4) is 0 Å². The van der Waals surface area contributed by atoms with Crippen LogP contribution in [0.2, 0.25) is 0 Å². The fourth-order valence-electron chi connectivity index (χ4n) is 3.62. The molecule has 2 heterocycles. The molecule has 18 heavy (non-hydrogen) atoms. The molecule has 2 aliphatic heterocycles. The van der Waals surface area contributed by atoms with Crippen molar-refractivity contribution >= 4 is 5.78 Å². The average Bonchev–Trinajstić information content (AvgIpc) is 2.66. The molecule has 2 bridgehead atoms. The maximum absolute atomic E-state index is 12.6. The highest BCUT2D eigenvalue weighted by Gasteiger charge is 2.36. The van der Waals surface area contributed by atoms with Gasteiger partial charge in [-0.15, -0.1) is 0 Å². The number of fused-ring (bicyclic) bond motifs is 2. The van der Waals surface area contributed by atoms with Crippen LogP contribution in [0.3, 0.4) is 0 Å². The molecule has 2 nitrogen and oxygen atoms in total. The second kappa shape index (κ2) is 4.51. The van der Waals surface area contributed by atoms with Crippen LogP contribution in [0.1, 0.15) is 47.2 Å². The van der Waals surface area contributed by atoms with Crippen LogP contribution in [0.5, 0.6) is 0 Å². The summed E-state index contributed by atoms with van der Waals surface area (Å²) >= 11 is 0. The van der Waals surface area contributed by atoms with Crippen molar-refractivity contribution in [1.82, 2.24) is 5.32 Å². The average molecular weight is 243 g/mol. The fraction of sp³-hybridized carbons (Fsp3) is 0.562. The Kier molecular flexibility index (Phi) is 2.98. The fourth-order valence-corrected chi connectivity index (χ4v) is 3.62. The summed E-state index contributed by atoms with van der Waals surface area (Å²) in [4.78, 5) is 12.6. The van der Waals surface area contributed by atoms with E-state index in [1.807, 2.05) is 12.1 Å². The van der Waals surface area contributed by atoms with Gasteiger partial charge in [-0.2, -0.15) is 0 Å². The highest BCUT2D eigenvalue weighted by atomic mass is 16.1. The second-order valence-corrected chi connectivity index (χ2v) is 6.05. The summed E-state index contributed by atoms with van der Waals surface area (Å²) in [6.07, 6.45) is 4.56. The highest BCUT2D eigenvalue weighted by molar-refractivity contribution is 5.98. The summed E-state index contributed by atoms with van der Waals surface area (Å²) in [5, 5.41) is 3.60. The largest absolute Gasteiger partial charge is 0.311 e. The van der Waals surface area contributed by atoms with Gasteiger partial charge in [-0.05, 0) is 51.7 Å². The zero-order valence-corrected chi connectivity index (χ0v) is 11.2. The molecule has 96 valence electrons. The van der Waals surface area contributed by atoms with Gasteiger partial charge in [0.15, 0.2) is 5.78 Å². The standard InChI is InChI=1S/C16H21NO/c1-10-5-11(2)7-12(6-10)16(18)13-8-14-3-4-15(9-13)17-14/h5-7,13-15,17H,3-4,8-9H2,1-2H3. The number of hydrogen-bond donors (Lipinski definition) is 1. The Morgan fingerprint density at radius 1 is 1.06 bits per heavy atom. The lowest BCUT2D eigenvalue weighted by atomic mass is 9.85. The highest BCUT2D eigenvalue weighted by Crippen LogP contribution is 2.33. The van der Waals surface area contributed by atoms with E-state index >= 15 is 0 Å². The number of Topliss-reactive ketones (excluding diaryl/α,β-unsaturated/α-hetero) is 1. The number of benzene rings is 1. The Morgan fingerprint density at radius 2 is 1.61 bits per heavy atom. The van der Waals surface area contributed by atoms with Crippen molar-refractivity contribution in [3.05, 3.63) is 34.9 Å². The van der Waals surface area contributed by atoms with E-state index < -0.39 is 0 Å². The number of nitrogens with one attached hydrogen (secondary N) is 1. The topological polar surface area (TPSA) is 29.1 Å². The van der Waals surface area contributed by atoms with Gasteiger partial charge in [0.05, 0.1) is 0 Å². The van der Waals surface area contributed by atoms with Gasteiger partial charge in [0, 0.05) is 23.6 Å². The van der Waals surface area contributed by atoms with Gasteiger partial charge in [-0.3, -0.25) is 4.79 Å². The summed E-state index contributed by atoms with van der Waals surface area (Å²) in [5.74, 6) is 0.602. The minimum atomic E-state index is 0.241. The first-order valence-electron chi connectivity index (χ1n) is 7.00. The maximum atomic E-state index is 12.6. The monoisotopic (exact) mass is 243 g/mol. The molecule has 1 aromatic rings. The van der Waals surface area contributed by atoms with Gasteiger partial charge >= 0.3 is 0 Å². The number of ketones is 1. The van der Waals surface area contributed by atoms with Crippen LogP contribution in [-0.2, 0) is 0 Å². The Balaban J connectivity index is 1.81. The molecule has 2 atom stereocenters. The third-order valence-electron chi connectivity index (χ3n) is 4.35. The van der Waals surface area contributed by atoms with Gasteiger partial charge in [0.2, 0.25) is 0 Å². The number of carbonyl (C=O) groups excluding carboxylic acids is 1. The van der Waals surface area contributed by atoms with E-state index in [9.17, 15) is 4.79 Å². The molecule has 2 heteroatoms. The van der Waals surface area contributed by atoms with Crippen LogP contribution < -0.4 is 5.32 Å². The Morgan fingerprint density at radius 3 is 2.17 bits per heavy atom. The molecule has 0 saturated carbocycles. The minimum Gasteiger partial charge on any atom is -0.311 e. The van der Waals surface area contributed by atoms with E-state index in [0.717, 1.165) is 18.4 Å². The summed E-state index contributed by atoms with van der Waals surface area (Å²) in [5.41, 5.74) is 3.30. The molecule has 0 aromatic heterocycles. The Labute approximate surface area is 109 Å². The molecular weight excluding hydrogens is 222 g/mol. The van der Waals surface area contributed by atoms with Crippen molar-refractivity contribution in [2.75, 3.05) is 0 Å². The van der Waals surface area contributed by atoms with Crippen molar-refractivity contribution < 1.29 is 4.79 Å². The number of piperidine rings is 1. The normalized spacial score (nSPS) is 30.4. The zero-order valence-electron chi connectivity index (χ0n) is 11.2. The predicted octanol–water partition coefficient (Wildman–Crippen LogP) is 3.02. The van der Waals surface area contributed by atoms with E-state index in [0.29, 0.717) is 17.9 Å². The molecule has 0 aliphatic carbocycles. The van der Waals surface area contributed by atoms with Gasteiger partial charge in [-0.25, -0.2) is 0 Å². The Bertz CT molecular complexity index is 448. The lowest BCUT2D eigenvalue weighted by Crippen LogP contribution is -2.40. The minimum absolute atomic E-state index is 0.241. The summed E-state index contributed by atoms with van der Waals surface area (Å²) in [6, 6.07) is 7.38. The summed E-state index contributed by atoms with van der Waals surface area (Å²) in [6.45, 7) is 4.13. The number of rotatable bonds is 2. The van der Waals surface area contributed by atoms with Crippen LogP contribution in [-0.4, -0.2) is 17.9 Å². The third kappa shape index (κ3) is 2.22. The van der Waals surface area contributed by atoms with E-state index in [2.05, 4.69) is 25.2 Å². The molecule has 2 fully saturated rings. The van der Waals surface area contributed by atoms with E-state index in [4.69, 9.17) is 0 Å². The number of carbonyl (C=O) groups is 1. The summed E-state index contributed by atoms with van der Waals surface area (Å²) in [7, 11) is 0. The first-order valence-corrected chi connectivity index (χ1v) is 7.00. The smallest absolute Gasteiger partial charge is 0.166 e. The lowest BCUT2D eigenvalue weighted by molar-refractivity contribution is 0.0875. The van der Waals surface area contributed by atoms with Gasteiger partial charge in [-0.1, -0.05) is 17.2 Å². The van der Waals surface area contributed by atoms with Crippen molar-refractivity contribution in [1.29, 1.82) is 0 Å². The maximum Gasteiger partial charge on any atom is 0.166 e. The molecule has 1 aromatic carbocycles. The molecule has 2 unspecified atom stereocenters. The van der Waals surface area contributed by atoms with Gasteiger partial charge < -0.3 is 5.32 Å². The van der Waals surface area contributed by atoms with Crippen molar-refractivity contribution in [3.63, 3.8) is 0 Å². The second-order valence-electron chi connectivity index (χ2n) is 6.05. The van der Waals surface area contributed by atoms with E-state index in [1.54, 1.807) is 0 Å². The van der Waals surface area contributed by atoms with Gasteiger partial charge in [0.1, 0.15) is 0 Å². The first-order chi connectivity index (χ1) is 8.61. The predicted molar refractivity (Wildman–Crippen MR) is 72.9 cm³/mol. The van der Waals surface area contributed by atoms with Crippen LogP contribution in [0.4, 0.5) is 0 Å². The number of hydrogen-bond acceptors (Lipinski definition) is 2. The first kappa shape index (κ1) is 11.9. The Hall–Kier alpha value is -1.15. The van der Waals surface area contributed by atoms with Crippen molar-refractivity contribution in [2.45, 2.75) is 51.6 Å². The quantitative estimate of drug-likeness (QED) is 0.809. The van der Waals surface area contributed by atoms with Crippen LogP contribution in [0, 0.1) is 19.8 Å². The molecule has 3 rings (SSSR count). The SMILES string of the molecule is Cc1cc(C)cc(C(=O)C2CC3CCC(C2)N3)c1. The number of aryl methyl sites for hydroxylation is 2.